The number of thiophene rings is 1. The van der Waals surface area contributed by atoms with Gasteiger partial charge in [0.15, 0.2) is 6.04 Å². The average Bonchev–Trinajstić information content (AvgIpc) is 3.29. The Kier molecular flexibility index (Phi) is 5.33. The van der Waals surface area contributed by atoms with Crippen molar-refractivity contribution < 1.29 is 19.1 Å². The zero-order chi connectivity index (χ0) is 21.3. The Balaban J connectivity index is 1.60. The second kappa shape index (κ2) is 8.08. The first-order chi connectivity index (χ1) is 14.4. The summed E-state index contributed by atoms with van der Waals surface area (Å²) in [4.78, 5) is 25.7. The lowest BCUT2D eigenvalue weighted by molar-refractivity contribution is -0.139. The first-order valence-corrected chi connectivity index (χ1v) is 10.0. The highest BCUT2D eigenvalue weighted by atomic mass is 32.1. The third-order valence-corrected chi connectivity index (χ3v) is 5.88. The van der Waals surface area contributed by atoms with Gasteiger partial charge in [0.2, 0.25) is 0 Å². The number of aryl methyl sites for hydroxylation is 1. The Morgan fingerprint density at radius 3 is 2.53 bits per heavy atom. The molecule has 0 aliphatic carbocycles. The van der Waals surface area contributed by atoms with E-state index in [-0.39, 0.29) is 5.82 Å². The molecule has 1 amide bonds. The summed E-state index contributed by atoms with van der Waals surface area (Å²) in [7, 11) is 0. The van der Waals surface area contributed by atoms with Crippen molar-refractivity contribution in [1.29, 1.82) is 0 Å². The van der Waals surface area contributed by atoms with Crippen LogP contribution in [0.4, 0.5) is 4.39 Å². The van der Waals surface area contributed by atoms with E-state index in [9.17, 15) is 19.1 Å². The highest BCUT2D eigenvalue weighted by molar-refractivity contribution is 7.20. The van der Waals surface area contributed by atoms with Crippen LogP contribution in [-0.4, -0.2) is 26.8 Å². The molecule has 0 spiro atoms. The number of aliphatic carboxylic acids is 1. The number of aromatic nitrogens is 2. The highest BCUT2D eigenvalue weighted by Crippen LogP contribution is 2.29. The molecule has 2 aromatic carbocycles. The van der Waals surface area contributed by atoms with Crippen LogP contribution in [0.15, 0.2) is 60.7 Å². The van der Waals surface area contributed by atoms with Crippen molar-refractivity contribution in [2.75, 3.05) is 0 Å². The minimum Gasteiger partial charge on any atom is -0.479 e. The van der Waals surface area contributed by atoms with Crippen LogP contribution in [-0.2, 0) is 11.3 Å². The molecule has 0 aliphatic rings. The lowest BCUT2D eigenvalue weighted by atomic mass is 10.1. The SMILES string of the molecule is Cc1nn(Cc2ccc(F)cc2)c2sc(C(=O)N[C@H](C(=O)O)c3ccccc3)cc12. The van der Waals surface area contributed by atoms with Gasteiger partial charge in [-0.05, 0) is 36.2 Å². The van der Waals surface area contributed by atoms with Crippen molar-refractivity contribution in [3.63, 3.8) is 0 Å². The van der Waals surface area contributed by atoms with Crippen molar-refractivity contribution in [2.45, 2.75) is 19.5 Å². The number of nitrogens with zero attached hydrogens (tertiary/aromatic N) is 2. The number of benzene rings is 2. The van der Waals surface area contributed by atoms with Crippen LogP contribution in [0.25, 0.3) is 10.2 Å². The molecule has 152 valence electrons. The number of halogens is 1. The quantitative estimate of drug-likeness (QED) is 0.488. The van der Waals surface area contributed by atoms with Gasteiger partial charge in [0.1, 0.15) is 10.6 Å². The van der Waals surface area contributed by atoms with Crippen molar-refractivity contribution in [3.05, 3.63) is 88.2 Å². The highest BCUT2D eigenvalue weighted by Gasteiger charge is 2.24. The number of hydrogen-bond acceptors (Lipinski definition) is 4. The molecule has 0 saturated carbocycles. The van der Waals surface area contributed by atoms with E-state index in [1.807, 2.05) is 6.92 Å². The predicted molar refractivity (Wildman–Crippen MR) is 112 cm³/mol. The number of hydrogen-bond donors (Lipinski definition) is 2. The number of rotatable bonds is 6. The van der Waals surface area contributed by atoms with Gasteiger partial charge in [0.25, 0.3) is 5.91 Å². The second-order valence-corrected chi connectivity index (χ2v) is 7.89. The fraction of sp³-hybridized carbons (Fsp3) is 0.136. The third-order valence-electron chi connectivity index (χ3n) is 4.73. The van der Waals surface area contributed by atoms with Crippen LogP contribution in [0.3, 0.4) is 0 Å². The van der Waals surface area contributed by atoms with E-state index >= 15 is 0 Å². The molecular formula is C22H18FN3O3S. The van der Waals surface area contributed by atoms with Crippen molar-refractivity contribution in [2.24, 2.45) is 0 Å². The van der Waals surface area contributed by atoms with Crippen LogP contribution in [0.2, 0.25) is 0 Å². The molecule has 8 heteroatoms. The van der Waals surface area contributed by atoms with Crippen LogP contribution >= 0.6 is 11.3 Å². The zero-order valence-electron chi connectivity index (χ0n) is 16.0. The molecule has 4 aromatic rings. The number of nitrogens with one attached hydrogen (secondary N) is 1. The number of carbonyl (C=O) groups is 2. The maximum absolute atomic E-state index is 13.2. The molecule has 2 heterocycles. The molecule has 0 bridgehead atoms. The van der Waals surface area contributed by atoms with E-state index in [1.54, 1.807) is 53.2 Å². The smallest absolute Gasteiger partial charge is 0.330 e. The van der Waals surface area contributed by atoms with Gasteiger partial charge in [-0.25, -0.2) is 9.18 Å². The van der Waals surface area contributed by atoms with Gasteiger partial charge in [-0.15, -0.1) is 11.3 Å². The molecule has 4 rings (SSSR count). The van der Waals surface area contributed by atoms with Crippen molar-refractivity contribution >= 4 is 33.4 Å². The molecule has 6 nitrogen and oxygen atoms in total. The monoisotopic (exact) mass is 423 g/mol. The number of carboxylic acid groups (broad SMARTS) is 1. The summed E-state index contributed by atoms with van der Waals surface area (Å²) >= 11 is 1.25. The summed E-state index contributed by atoms with van der Waals surface area (Å²) in [5.41, 5.74) is 2.15. The van der Waals surface area contributed by atoms with Crippen LogP contribution in [0.5, 0.6) is 0 Å². The maximum Gasteiger partial charge on any atom is 0.330 e. The Morgan fingerprint density at radius 1 is 1.17 bits per heavy atom. The van der Waals surface area contributed by atoms with Crippen LogP contribution < -0.4 is 5.32 Å². The van der Waals surface area contributed by atoms with Gasteiger partial charge in [0.05, 0.1) is 17.1 Å². The van der Waals surface area contributed by atoms with Crippen molar-refractivity contribution in [3.8, 4) is 0 Å². The summed E-state index contributed by atoms with van der Waals surface area (Å²) in [6.07, 6.45) is 0. The molecule has 0 radical (unpaired) electrons. The number of carbonyl (C=O) groups excluding carboxylic acids is 1. The largest absolute Gasteiger partial charge is 0.479 e. The first-order valence-electron chi connectivity index (χ1n) is 9.22. The Labute approximate surface area is 175 Å². The minimum absolute atomic E-state index is 0.304. The van der Waals surface area contributed by atoms with Gasteiger partial charge in [-0.3, -0.25) is 9.48 Å². The van der Waals surface area contributed by atoms with Gasteiger partial charge < -0.3 is 10.4 Å². The van der Waals surface area contributed by atoms with E-state index in [4.69, 9.17) is 0 Å². The number of fused-ring (bicyclic) bond motifs is 1. The topological polar surface area (TPSA) is 84.2 Å². The second-order valence-electron chi connectivity index (χ2n) is 6.85. The number of carboxylic acids is 1. The summed E-state index contributed by atoms with van der Waals surface area (Å²) < 4.78 is 14.9. The van der Waals surface area contributed by atoms with E-state index in [0.29, 0.717) is 17.0 Å². The zero-order valence-corrected chi connectivity index (χ0v) is 16.8. The predicted octanol–water partition coefficient (Wildman–Crippen LogP) is 4.15. The normalized spacial score (nSPS) is 12.1. The summed E-state index contributed by atoms with van der Waals surface area (Å²) in [5, 5.41) is 17.5. The molecule has 0 saturated heterocycles. The molecule has 2 aromatic heterocycles. The minimum atomic E-state index is -1.14. The van der Waals surface area contributed by atoms with Crippen LogP contribution in [0.1, 0.15) is 32.5 Å². The average molecular weight is 423 g/mol. The molecule has 2 N–H and O–H groups in total. The Hall–Kier alpha value is -3.52. The van der Waals surface area contributed by atoms with E-state index in [2.05, 4.69) is 10.4 Å². The lowest BCUT2D eigenvalue weighted by Crippen LogP contribution is -2.33. The molecule has 30 heavy (non-hydrogen) atoms. The summed E-state index contributed by atoms with van der Waals surface area (Å²) in [5.74, 6) is -1.89. The third kappa shape index (κ3) is 3.95. The molecule has 0 unspecified atom stereocenters. The van der Waals surface area contributed by atoms with Crippen molar-refractivity contribution in [1.82, 2.24) is 15.1 Å². The summed E-state index contributed by atoms with van der Waals surface area (Å²) in [6, 6.07) is 15.3. The first kappa shape index (κ1) is 19.8. The Morgan fingerprint density at radius 2 is 1.87 bits per heavy atom. The Bertz CT molecular complexity index is 1220. The summed E-state index contributed by atoms with van der Waals surface area (Å²) in [6.45, 7) is 2.29. The number of amides is 1. The molecular weight excluding hydrogens is 405 g/mol. The van der Waals surface area contributed by atoms with E-state index < -0.39 is 17.9 Å². The van der Waals surface area contributed by atoms with Gasteiger partial charge in [-0.1, -0.05) is 42.5 Å². The van der Waals surface area contributed by atoms with E-state index in [1.165, 1.54) is 23.5 Å². The standard InChI is InChI=1S/C22H18FN3O3S/c1-13-17-11-18(20(27)24-19(22(28)29)15-5-3-2-4-6-15)30-21(17)26(25-13)12-14-7-9-16(23)10-8-14/h2-11,19H,12H2,1H3,(H,24,27)(H,28,29)/t19-/m0/s1. The van der Waals surface area contributed by atoms with Gasteiger partial charge >= 0.3 is 5.97 Å². The molecule has 1 atom stereocenters. The maximum atomic E-state index is 13.2. The van der Waals surface area contributed by atoms with Gasteiger partial charge in [-0.2, -0.15) is 5.10 Å². The fourth-order valence-electron chi connectivity index (χ4n) is 3.23. The fourth-order valence-corrected chi connectivity index (χ4v) is 4.29. The van der Waals surface area contributed by atoms with Gasteiger partial charge in [0, 0.05) is 5.39 Å². The lowest BCUT2D eigenvalue weighted by Gasteiger charge is -2.14. The van der Waals surface area contributed by atoms with E-state index in [0.717, 1.165) is 21.5 Å². The van der Waals surface area contributed by atoms with Crippen LogP contribution in [0, 0.1) is 12.7 Å². The molecule has 0 aliphatic heterocycles. The molecule has 0 fully saturated rings.